The van der Waals surface area contributed by atoms with E-state index in [4.69, 9.17) is 5.11 Å². The van der Waals surface area contributed by atoms with E-state index in [1.165, 1.54) is 30.4 Å². The Kier molecular flexibility index (Phi) is 4.97. The second-order valence-electron chi connectivity index (χ2n) is 5.18. The molecule has 0 atom stereocenters. The molecule has 0 bridgehead atoms. The molecular weight excluding hydrogens is 238 g/mol. The molecule has 0 radical (unpaired) electrons. The molecule has 0 heterocycles. The quantitative estimate of drug-likeness (QED) is 0.880. The highest BCUT2D eigenvalue weighted by atomic mass is 16.3. The fraction of sp³-hybridized carbons (Fsp3) is 0.562. The van der Waals surface area contributed by atoms with Crippen LogP contribution in [0.4, 0.5) is 0 Å². The molecule has 0 aromatic heterocycles. The standard InChI is InChI=1S/C16H23NO2/c1-2-17(9-10-18)16(19)12-13-7-8-14-5-3-4-6-15(14)11-13/h7-8,11,18H,2-6,9-10,12H2,1H3. The highest BCUT2D eigenvalue weighted by molar-refractivity contribution is 5.78. The lowest BCUT2D eigenvalue weighted by Crippen LogP contribution is -2.34. The summed E-state index contributed by atoms with van der Waals surface area (Å²) < 4.78 is 0. The van der Waals surface area contributed by atoms with Crippen LogP contribution in [0.3, 0.4) is 0 Å². The second-order valence-corrected chi connectivity index (χ2v) is 5.18. The van der Waals surface area contributed by atoms with E-state index in [1.54, 1.807) is 4.90 Å². The molecule has 1 N–H and O–H groups in total. The van der Waals surface area contributed by atoms with Crippen LogP contribution < -0.4 is 0 Å². The van der Waals surface area contributed by atoms with Crippen LogP contribution in [-0.4, -0.2) is 35.6 Å². The first kappa shape index (κ1) is 14.1. The number of rotatable bonds is 5. The minimum absolute atomic E-state index is 0.0315. The first-order chi connectivity index (χ1) is 9.24. The number of nitrogens with zero attached hydrogens (tertiary/aromatic N) is 1. The van der Waals surface area contributed by atoms with Gasteiger partial charge in [-0.15, -0.1) is 0 Å². The number of aryl methyl sites for hydroxylation is 2. The molecule has 1 aliphatic rings. The van der Waals surface area contributed by atoms with Gasteiger partial charge in [0, 0.05) is 13.1 Å². The molecule has 1 aromatic rings. The average Bonchev–Trinajstić information content (AvgIpc) is 2.44. The van der Waals surface area contributed by atoms with Crippen LogP contribution in [0, 0.1) is 0 Å². The van der Waals surface area contributed by atoms with E-state index in [1.807, 2.05) is 6.92 Å². The van der Waals surface area contributed by atoms with Crippen molar-refractivity contribution in [2.75, 3.05) is 19.7 Å². The van der Waals surface area contributed by atoms with Gasteiger partial charge in [0.05, 0.1) is 13.0 Å². The number of hydrogen-bond acceptors (Lipinski definition) is 2. The van der Waals surface area contributed by atoms with Crippen LogP contribution in [0.2, 0.25) is 0 Å². The number of hydrogen-bond donors (Lipinski definition) is 1. The maximum Gasteiger partial charge on any atom is 0.227 e. The van der Waals surface area contributed by atoms with Crippen molar-refractivity contribution in [2.45, 2.75) is 39.0 Å². The minimum Gasteiger partial charge on any atom is -0.395 e. The second kappa shape index (κ2) is 6.71. The number of aliphatic hydroxyl groups excluding tert-OH is 1. The van der Waals surface area contributed by atoms with Gasteiger partial charge in [0.25, 0.3) is 0 Å². The van der Waals surface area contributed by atoms with Crippen LogP contribution in [0.25, 0.3) is 0 Å². The van der Waals surface area contributed by atoms with Crippen molar-refractivity contribution < 1.29 is 9.90 Å². The van der Waals surface area contributed by atoms with Crippen LogP contribution in [0.1, 0.15) is 36.5 Å². The van der Waals surface area contributed by atoms with Crippen molar-refractivity contribution in [1.82, 2.24) is 4.90 Å². The molecule has 0 spiro atoms. The number of fused-ring (bicyclic) bond motifs is 1. The number of carbonyl (C=O) groups excluding carboxylic acids is 1. The molecule has 3 nitrogen and oxygen atoms in total. The Bertz CT molecular complexity index is 442. The Morgan fingerprint density at radius 3 is 2.68 bits per heavy atom. The molecule has 0 saturated heterocycles. The first-order valence-corrected chi connectivity index (χ1v) is 7.24. The largest absolute Gasteiger partial charge is 0.395 e. The van der Waals surface area contributed by atoms with Crippen molar-refractivity contribution in [3.05, 3.63) is 34.9 Å². The fourth-order valence-electron chi connectivity index (χ4n) is 2.76. The summed E-state index contributed by atoms with van der Waals surface area (Å²) in [5.41, 5.74) is 3.97. The molecule has 1 aliphatic carbocycles. The number of carbonyl (C=O) groups is 1. The SMILES string of the molecule is CCN(CCO)C(=O)Cc1ccc2c(c1)CCCC2. The summed E-state index contributed by atoms with van der Waals surface area (Å²) in [7, 11) is 0. The lowest BCUT2D eigenvalue weighted by Gasteiger charge is -2.21. The Labute approximate surface area is 115 Å². The number of aliphatic hydroxyl groups is 1. The van der Waals surface area contributed by atoms with Crippen molar-refractivity contribution in [1.29, 1.82) is 0 Å². The zero-order chi connectivity index (χ0) is 13.7. The van der Waals surface area contributed by atoms with Crippen molar-refractivity contribution in [2.24, 2.45) is 0 Å². The highest BCUT2D eigenvalue weighted by Crippen LogP contribution is 2.22. The fourth-order valence-corrected chi connectivity index (χ4v) is 2.76. The molecule has 0 unspecified atom stereocenters. The van der Waals surface area contributed by atoms with E-state index in [2.05, 4.69) is 18.2 Å². The van der Waals surface area contributed by atoms with Gasteiger partial charge in [-0.1, -0.05) is 18.2 Å². The van der Waals surface area contributed by atoms with E-state index < -0.39 is 0 Å². The third-order valence-electron chi connectivity index (χ3n) is 3.87. The smallest absolute Gasteiger partial charge is 0.227 e. The van der Waals surface area contributed by atoms with Crippen molar-refractivity contribution in [3.8, 4) is 0 Å². The Hall–Kier alpha value is -1.35. The third-order valence-corrected chi connectivity index (χ3v) is 3.87. The van der Waals surface area contributed by atoms with Crippen molar-refractivity contribution in [3.63, 3.8) is 0 Å². The molecule has 2 rings (SSSR count). The average molecular weight is 261 g/mol. The van der Waals surface area contributed by atoms with Gasteiger partial charge in [0.2, 0.25) is 5.91 Å². The molecule has 1 aromatic carbocycles. The lowest BCUT2D eigenvalue weighted by atomic mass is 9.90. The van der Waals surface area contributed by atoms with Crippen LogP contribution in [0.15, 0.2) is 18.2 Å². The summed E-state index contributed by atoms with van der Waals surface area (Å²) in [5, 5.41) is 8.95. The molecule has 1 amide bonds. The minimum atomic E-state index is 0.0315. The molecule has 3 heteroatoms. The predicted molar refractivity (Wildman–Crippen MR) is 76.1 cm³/mol. The Morgan fingerprint density at radius 1 is 1.26 bits per heavy atom. The van der Waals surface area contributed by atoms with Crippen molar-refractivity contribution >= 4 is 5.91 Å². The summed E-state index contributed by atoms with van der Waals surface area (Å²) >= 11 is 0. The van der Waals surface area contributed by atoms with Crippen LogP contribution in [0.5, 0.6) is 0 Å². The number of benzene rings is 1. The highest BCUT2D eigenvalue weighted by Gasteiger charge is 2.14. The number of likely N-dealkylation sites (N-methyl/N-ethyl adjacent to an activating group) is 1. The molecule has 0 aliphatic heterocycles. The van der Waals surface area contributed by atoms with E-state index in [0.717, 1.165) is 12.0 Å². The Balaban J connectivity index is 2.04. The zero-order valence-electron chi connectivity index (χ0n) is 11.7. The molecular formula is C16H23NO2. The topological polar surface area (TPSA) is 40.5 Å². The van der Waals surface area contributed by atoms with Gasteiger partial charge in [-0.25, -0.2) is 0 Å². The monoisotopic (exact) mass is 261 g/mol. The lowest BCUT2D eigenvalue weighted by molar-refractivity contribution is -0.130. The zero-order valence-corrected chi connectivity index (χ0v) is 11.7. The molecule has 19 heavy (non-hydrogen) atoms. The van der Waals surface area contributed by atoms with Gasteiger partial charge in [-0.2, -0.15) is 0 Å². The molecule has 104 valence electrons. The molecule has 0 fully saturated rings. The summed E-state index contributed by atoms with van der Waals surface area (Å²) in [4.78, 5) is 13.8. The third kappa shape index (κ3) is 3.57. The summed E-state index contributed by atoms with van der Waals surface area (Å²) in [6.45, 7) is 3.06. The Morgan fingerprint density at radius 2 is 2.00 bits per heavy atom. The maximum atomic E-state index is 12.1. The maximum absolute atomic E-state index is 12.1. The summed E-state index contributed by atoms with van der Waals surface area (Å²) in [6, 6.07) is 6.45. The normalized spacial score (nSPS) is 14.0. The van der Waals surface area contributed by atoms with Gasteiger partial charge >= 0.3 is 0 Å². The molecule has 0 saturated carbocycles. The van der Waals surface area contributed by atoms with E-state index in [-0.39, 0.29) is 12.5 Å². The van der Waals surface area contributed by atoms with Gasteiger partial charge in [0.1, 0.15) is 0 Å². The summed E-state index contributed by atoms with van der Waals surface area (Å²) in [6.07, 6.45) is 5.31. The van der Waals surface area contributed by atoms with Gasteiger partial charge in [0.15, 0.2) is 0 Å². The van der Waals surface area contributed by atoms with Gasteiger partial charge in [-0.3, -0.25) is 4.79 Å². The first-order valence-electron chi connectivity index (χ1n) is 7.24. The van der Waals surface area contributed by atoms with Gasteiger partial charge < -0.3 is 10.0 Å². The van der Waals surface area contributed by atoms with Crippen LogP contribution in [-0.2, 0) is 24.1 Å². The predicted octanol–water partition coefficient (Wildman–Crippen LogP) is 1.95. The summed E-state index contributed by atoms with van der Waals surface area (Å²) in [5.74, 6) is 0.104. The van der Waals surface area contributed by atoms with Gasteiger partial charge in [-0.05, 0) is 49.3 Å². The van der Waals surface area contributed by atoms with E-state index >= 15 is 0 Å². The number of amides is 1. The van der Waals surface area contributed by atoms with Crippen LogP contribution >= 0.6 is 0 Å². The van der Waals surface area contributed by atoms with E-state index in [0.29, 0.717) is 19.5 Å². The van der Waals surface area contributed by atoms with E-state index in [9.17, 15) is 4.79 Å².